The lowest BCUT2D eigenvalue weighted by atomic mass is 9.88. The second-order valence-electron chi connectivity index (χ2n) is 5.20. The van der Waals surface area contributed by atoms with Crippen molar-refractivity contribution in [2.45, 2.75) is 40.2 Å². The van der Waals surface area contributed by atoms with Crippen molar-refractivity contribution in [2.24, 2.45) is 28.0 Å². The first kappa shape index (κ1) is 15.7. The highest BCUT2D eigenvalue weighted by atomic mass is 16.4. The number of carbonyl (C=O) groups excluding carboxylic acids is 1. The predicted molar refractivity (Wildman–Crippen MR) is 67.6 cm³/mol. The minimum atomic E-state index is -0.416. The van der Waals surface area contributed by atoms with Gasteiger partial charge in [0.1, 0.15) is 5.84 Å². The normalized spacial score (nSPS) is 15.0. The third-order valence-corrected chi connectivity index (χ3v) is 2.89. The van der Waals surface area contributed by atoms with Gasteiger partial charge in [-0.05, 0) is 18.9 Å². The number of amides is 1. The van der Waals surface area contributed by atoms with Crippen molar-refractivity contribution in [3.8, 4) is 0 Å². The third-order valence-electron chi connectivity index (χ3n) is 2.89. The van der Waals surface area contributed by atoms with E-state index in [9.17, 15) is 4.79 Å². The monoisotopic (exact) mass is 244 g/mol. The zero-order chi connectivity index (χ0) is 13.6. The summed E-state index contributed by atoms with van der Waals surface area (Å²) in [7, 11) is 0. The molecule has 0 radical (unpaired) electrons. The lowest BCUT2D eigenvalue weighted by Gasteiger charge is -2.25. The van der Waals surface area contributed by atoms with Gasteiger partial charge in [-0.15, -0.1) is 0 Å². The van der Waals surface area contributed by atoms with Gasteiger partial charge < -0.3 is 22.0 Å². The van der Waals surface area contributed by atoms with Gasteiger partial charge in [0.25, 0.3) is 0 Å². The van der Waals surface area contributed by atoms with E-state index in [4.69, 9.17) is 16.7 Å². The van der Waals surface area contributed by atoms with Gasteiger partial charge in [-0.3, -0.25) is 4.79 Å². The largest absolute Gasteiger partial charge is 0.409 e. The number of nitrogens with zero attached hydrogens (tertiary/aromatic N) is 1. The number of primary amides is 1. The molecule has 6 nitrogen and oxygen atoms in total. The lowest BCUT2D eigenvalue weighted by Crippen LogP contribution is -2.46. The van der Waals surface area contributed by atoms with Crippen LogP contribution in [0.1, 0.15) is 34.1 Å². The SMILES string of the molecule is CC(C)C(NCCC(C)(C)C(N)=NO)C(N)=O. The summed E-state index contributed by atoms with van der Waals surface area (Å²) in [6.07, 6.45) is 0.652. The lowest BCUT2D eigenvalue weighted by molar-refractivity contribution is -0.121. The van der Waals surface area contributed by atoms with Crippen LogP contribution in [-0.2, 0) is 4.79 Å². The highest BCUT2D eigenvalue weighted by Crippen LogP contribution is 2.19. The number of nitrogens with one attached hydrogen (secondary N) is 1. The molecule has 0 saturated heterocycles. The molecule has 0 aliphatic rings. The Morgan fingerprint density at radius 3 is 2.29 bits per heavy atom. The van der Waals surface area contributed by atoms with Gasteiger partial charge in [0.2, 0.25) is 5.91 Å². The van der Waals surface area contributed by atoms with Crippen LogP contribution in [0.4, 0.5) is 0 Å². The maximum atomic E-state index is 11.2. The van der Waals surface area contributed by atoms with Gasteiger partial charge in [-0.1, -0.05) is 32.9 Å². The Hall–Kier alpha value is -1.30. The molecule has 0 aromatic carbocycles. The fourth-order valence-electron chi connectivity index (χ4n) is 1.47. The van der Waals surface area contributed by atoms with Crippen molar-refractivity contribution in [1.29, 1.82) is 0 Å². The Morgan fingerprint density at radius 2 is 1.94 bits per heavy atom. The van der Waals surface area contributed by atoms with E-state index < -0.39 is 5.41 Å². The van der Waals surface area contributed by atoms with Crippen molar-refractivity contribution in [1.82, 2.24) is 5.32 Å². The molecule has 0 aromatic heterocycles. The molecule has 1 amide bonds. The van der Waals surface area contributed by atoms with E-state index in [1.165, 1.54) is 0 Å². The first-order valence-corrected chi connectivity index (χ1v) is 5.73. The van der Waals surface area contributed by atoms with Gasteiger partial charge in [0, 0.05) is 5.41 Å². The quantitative estimate of drug-likeness (QED) is 0.222. The molecule has 0 spiro atoms. The van der Waals surface area contributed by atoms with Crippen molar-refractivity contribution < 1.29 is 10.0 Å². The van der Waals surface area contributed by atoms with Crippen LogP contribution in [-0.4, -0.2) is 29.5 Å². The number of nitrogens with two attached hydrogens (primary N) is 2. The molecule has 0 aliphatic heterocycles. The average Bonchev–Trinajstić information content (AvgIpc) is 2.21. The Bertz CT molecular complexity index is 287. The molecule has 0 aromatic rings. The number of carbonyl (C=O) groups is 1. The van der Waals surface area contributed by atoms with Crippen molar-refractivity contribution in [3.63, 3.8) is 0 Å². The van der Waals surface area contributed by atoms with Gasteiger partial charge in [-0.25, -0.2) is 0 Å². The summed E-state index contributed by atoms with van der Waals surface area (Å²) < 4.78 is 0. The maximum absolute atomic E-state index is 11.2. The summed E-state index contributed by atoms with van der Waals surface area (Å²) >= 11 is 0. The number of amidine groups is 1. The highest BCUT2D eigenvalue weighted by molar-refractivity contribution is 5.85. The average molecular weight is 244 g/mol. The topological polar surface area (TPSA) is 114 Å². The summed E-state index contributed by atoms with van der Waals surface area (Å²) in [6, 6.07) is -0.349. The third kappa shape index (κ3) is 5.04. The van der Waals surface area contributed by atoms with Gasteiger partial charge >= 0.3 is 0 Å². The van der Waals surface area contributed by atoms with E-state index in [0.717, 1.165) is 0 Å². The first-order chi connectivity index (χ1) is 7.72. The van der Waals surface area contributed by atoms with E-state index in [2.05, 4.69) is 10.5 Å². The fourth-order valence-corrected chi connectivity index (χ4v) is 1.47. The molecule has 0 fully saturated rings. The number of oxime groups is 1. The Morgan fingerprint density at radius 1 is 1.41 bits per heavy atom. The van der Waals surface area contributed by atoms with Crippen molar-refractivity contribution in [3.05, 3.63) is 0 Å². The zero-order valence-corrected chi connectivity index (χ0v) is 11.0. The van der Waals surface area contributed by atoms with E-state index in [1.54, 1.807) is 0 Å². The fraction of sp³-hybridized carbons (Fsp3) is 0.818. The molecule has 17 heavy (non-hydrogen) atoms. The maximum Gasteiger partial charge on any atom is 0.234 e. The second-order valence-corrected chi connectivity index (χ2v) is 5.20. The van der Waals surface area contributed by atoms with E-state index >= 15 is 0 Å². The molecular weight excluding hydrogens is 220 g/mol. The minimum absolute atomic E-state index is 0.138. The summed E-state index contributed by atoms with van der Waals surface area (Å²) in [5.74, 6) is -0.0412. The standard InChI is InChI=1S/C11H24N4O2/c1-7(2)8(9(12)16)14-6-5-11(3,4)10(13)15-17/h7-8,14,17H,5-6H2,1-4H3,(H2,12,16)(H2,13,15). The first-order valence-electron chi connectivity index (χ1n) is 5.73. The molecular formula is C11H24N4O2. The van der Waals surface area contributed by atoms with E-state index in [1.807, 2.05) is 27.7 Å². The summed E-state index contributed by atoms with van der Waals surface area (Å²) in [4.78, 5) is 11.2. The second kappa shape index (κ2) is 6.44. The van der Waals surface area contributed by atoms with Crippen LogP contribution in [0.25, 0.3) is 0 Å². The van der Waals surface area contributed by atoms with Crippen LogP contribution < -0.4 is 16.8 Å². The van der Waals surface area contributed by atoms with Gasteiger partial charge in [0.05, 0.1) is 6.04 Å². The van der Waals surface area contributed by atoms with Crippen molar-refractivity contribution in [2.75, 3.05) is 6.54 Å². The summed E-state index contributed by atoms with van der Waals surface area (Å²) in [5.41, 5.74) is 10.4. The zero-order valence-electron chi connectivity index (χ0n) is 11.0. The molecule has 6 heteroatoms. The molecule has 6 N–H and O–H groups in total. The van der Waals surface area contributed by atoms with Crippen LogP contribution in [0.3, 0.4) is 0 Å². The molecule has 0 aliphatic carbocycles. The summed E-state index contributed by atoms with van der Waals surface area (Å²) in [6.45, 7) is 8.18. The Kier molecular flexibility index (Phi) is 5.95. The number of hydrogen-bond donors (Lipinski definition) is 4. The Labute approximate surface area is 102 Å². The minimum Gasteiger partial charge on any atom is -0.409 e. The molecule has 1 atom stereocenters. The van der Waals surface area contributed by atoms with E-state index in [-0.39, 0.29) is 23.7 Å². The molecule has 0 heterocycles. The van der Waals surface area contributed by atoms with Gasteiger partial charge in [-0.2, -0.15) is 0 Å². The number of hydrogen-bond acceptors (Lipinski definition) is 4. The van der Waals surface area contributed by atoms with Crippen LogP contribution >= 0.6 is 0 Å². The van der Waals surface area contributed by atoms with Gasteiger partial charge in [0.15, 0.2) is 0 Å². The van der Waals surface area contributed by atoms with Crippen LogP contribution in [0.2, 0.25) is 0 Å². The summed E-state index contributed by atoms with van der Waals surface area (Å²) in [5, 5.41) is 14.7. The molecule has 0 saturated carbocycles. The van der Waals surface area contributed by atoms with E-state index in [0.29, 0.717) is 13.0 Å². The molecule has 100 valence electrons. The smallest absolute Gasteiger partial charge is 0.234 e. The van der Waals surface area contributed by atoms with Crippen LogP contribution in [0.15, 0.2) is 5.16 Å². The number of rotatable bonds is 7. The van der Waals surface area contributed by atoms with Crippen LogP contribution in [0, 0.1) is 11.3 Å². The molecule has 1 unspecified atom stereocenters. The predicted octanol–water partition coefficient (Wildman–Crippen LogP) is 0.249. The Balaban J connectivity index is 4.27. The highest BCUT2D eigenvalue weighted by Gasteiger charge is 2.25. The molecule has 0 rings (SSSR count). The van der Waals surface area contributed by atoms with Crippen LogP contribution in [0.5, 0.6) is 0 Å². The van der Waals surface area contributed by atoms with Crippen molar-refractivity contribution >= 4 is 11.7 Å². The molecule has 0 bridgehead atoms.